The molecule has 9 nitrogen and oxygen atoms in total. The minimum atomic E-state index is -0.721. The molecule has 0 radical (unpaired) electrons. The van der Waals surface area contributed by atoms with E-state index in [4.69, 9.17) is 14.2 Å². The number of carboxylic acid groups (broad SMARTS) is 1. The molecule has 0 bridgehead atoms. The van der Waals surface area contributed by atoms with Gasteiger partial charge in [-0.05, 0) is 188 Å². The van der Waals surface area contributed by atoms with E-state index < -0.39 is 11.8 Å². The van der Waals surface area contributed by atoms with E-state index in [0.717, 1.165) is 74.2 Å². The molecule has 4 saturated carbocycles. The standard InChI is InChI=1S/C29H36FNO3.C23H25FO2.C8H15NO2/c30-27-23(20-31-18-12-22(13-19-31)28(32)33)4-3-5-26(27)21-6-8-24(9-7-21)34-25-10-16-29(17-11-25)14-1-2-15-29;24-22-18(16-25)4-3-5-21(22)17-6-8-19(9-7-17)26-20-10-14-23(15-11-20)12-1-2-13-23;1-2-11-8(10)7-3-5-9-6-4-7/h3-9,22,25H,1-2,10-20H2,(H,32,33);3-9,16,20H,1-2,10-15H2;7,9H,2-6H2,1H3. The van der Waals surface area contributed by atoms with Crippen molar-refractivity contribution in [1.82, 2.24) is 10.2 Å². The highest BCUT2D eigenvalue weighted by atomic mass is 19.1. The second-order valence-electron chi connectivity index (χ2n) is 21.4. The molecule has 6 fully saturated rings. The Hall–Kier alpha value is -5.13. The largest absolute Gasteiger partial charge is 0.490 e. The number of carbonyl (C=O) groups is 3. The number of piperidine rings is 2. The lowest BCUT2D eigenvalue weighted by Gasteiger charge is -2.37. The zero-order chi connectivity index (χ0) is 49.6. The van der Waals surface area contributed by atoms with Crippen molar-refractivity contribution in [3.05, 3.63) is 108 Å². The Labute approximate surface area is 420 Å². The molecule has 0 unspecified atom stereocenters. The highest BCUT2D eigenvalue weighted by molar-refractivity contribution is 5.80. The third kappa shape index (κ3) is 13.9. The summed E-state index contributed by atoms with van der Waals surface area (Å²) < 4.78 is 47.1. The van der Waals surface area contributed by atoms with Crippen LogP contribution in [0, 0.1) is 34.3 Å². The summed E-state index contributed by atoms with van der Waals surface area (Å²) in [6, 6.07) is 25.8. The van der Waals surface area contributed by atoms with Gasteiger partial charge in [-0.2, -0.15) is 0 Å². The molecular weight excluding hydrogens is 899 g/mol. The summed E-state index contributed by atoms with van der Waals surface area (Å²) in [7, 11) is 0. The first-order valence-electron chi connectivity index (χ1n) is 26.9. The van der Waals surface area contributed by atoms with Gasteiger partial charge in [-0.25, -0.2) is 8.78 Å². The number of hydrogen-bond donors (Lipinski definition) is 2. The quantitative estimate of drug-likeness (QED) is 0.106. The first kappa shape index (κ1) is 52.2. The van der Waals surface area contributed by atoms with Crippen LogP contribution < -0.4 is 14.8 Å². The Morgan fingerprint density at radius 3 is 1.58 bits per heavy atom. The highest BCUT2D eigenvalue weighted by Gasteiger charge is 2.39. The fourth-order valence-corrected chi connectivity index (χ4v) is 12.4. The molecule has 4 aliphatic carbocycles. The molecular formula is C60H76F2N2O7. The lowest BCUT2D eigenvalue weighted by molar-refractivity contribution is -0.149. The van der Waals surface area contributed by atoms with Crippen LogP contribution in [0.25, 0.3) is 22.3 Å². The Balaban J connectivity index is 0.000000161. The minimum absolute atomic E-state index is 0.0194. The third-order valence-electron chi connectivity index (χ3n) is 16.8. The van der Waals surface area contributed by atoms with Crippen molar-refractivity contribution in [2.24, 2.45) is 22.7 Å². The van der Waals surface area contributed by atoms with E-state index in [2.05, 4.69) is 10.2 Å². The van der Waals surface area contributed by atoms with E-state index in [1.165, 1.54) is 83.1 Å². The first-order chi connectivity index (χ1) is 34.5. The van der Waals surface area contributed by atoms with Gasteiger partial charge in [-0.1, -0.05) is 80.3 Å². The van der Waals surface area contributed by atoms with Crippen LogP contribution in [0.15, 0.2) is 84.9 Å². The number of nitrogens with zero attached hydrogens (tertiary/aromatic N) is 1. The van der Waals surface area contributed by atoms with Gasteiger partial charge in [0.05, 0.1) is 36.2 Å². The third-order valence-corrected chi connectivity index (χ3v) is 16.8. The summed E-state index contributed by atoms with van der Waals surface area (Å²) in [4.78, 5) is 35.4. The maximum Gasteiger partial charge on any atom is 0.309 e. The number of ether oxygens (including phenoxy) is 3. The Morgan fingerprint density at radius 1 is 0.634 bits per heavy atom. The zero-order valence-corrected chi connectivity index (χ0v) is 42.0. The van der Waals surface area contributed by atoms with Crippen LogP contribution in [-0.4, -0.2) is 73.2 Å². The summed E-state index contributed by atoms with van der Waals surface area (Å²) in [6.07, 6.45) is 25.2. The van der Waals surface area contributed by atoms with Crippen LogP contribution in [0.4, 0.5) is 8.78 Å². The second kappa shape index (κ2) is 25.0. The lowest BCUT2D eigenvalue weighted by atomic mass is 9.72. The molecule has 2 N–H and O–H groups in total. The summed E-state index contributed by atoms with van der Waals surface area (Å²) in [5.41, 5.74) is 4.63. The van der Waals surface area contributed by atoms with Gasteiger partial charge in [0.15, 0.2) is 6.29 Å². The minimum Gasteiger partial charge on any atom is -0.490 e. The molecule has 0 amide bonds. The molecule has 10 rings (SSSR count). The fourth-order valence-electron chi connectivity index (χ4n) is 12.4. The van der Waals surface area contributed by atoms with Gasteiger partial charge in [0.1, 0.15) is 23.1 Å². The Kier molecular flexibility index (Phi) is 18.4. The molecule has 11 heteroatoms. The maximum atomic E-state index is 15.4. The number of benzene rings is 4. The zero-order valence-electron chi connectivity index (χ0n) is 42.0. The number of carboxylic acids is 1. The van der Waals surface area contributed by atoms with E-state index in [1.54, 1.807) is 12.1 Å². The smallest absolute Gasteiger partial charge is 0.309 e. The van der Waals surface area contributed by atoms with E-state index in [0.29, 0.717) is 85.1 Å². The molecule has 4 aromatic rings. The van der Waals surface area contributed by atoms with Gasteiger partial charge in [0.25, 0.3) is 0 Å². The molecule has 6 aliphatic rings. The van der Waals surface area contributed by atoms with Crippen molar-refractivity contribution in [2.45, 2.75) is 154 Å². The van der Waals surface area contributed by atoms with Crippen molar-refractivity contribution in [1.29, 1.82) is 0 Å². The van der Waals surface area contributed by atoms with Crippen LogP contribution >= 0.6 is 0 Å². The number of aliphatic carboxylic acids is 1. The number of halogens is 2. The van der Waals surface area contributed by atoms with Gasteiger partial charge < -0.3 is 24.6 Å². The van der Waals surface area contributed by atoms with E-state index in [9.17, 15) is 23.9 Å². The van der Waals surface area contributed by atoms with Crippen molar-refractivity contribution >= 4 is 18.2 Å². The van der Waals surface area contributed by atoms with Gasteiger partial charge in [0, 0.05) is 23.2 Å². The second-order valence-corrected chi connectivity index (χ2v) is 21.4. The first-order valence-corrected chi connectivity index (χ1v) is 26.9. The van der Waals surface area contributed by atoms with Crippen molar-refractivity contribution < 1.29 is 42.5 Å². The van der Waals surface area contributed by atoms with E-state index >= 15 is 4.39 Å². The van der Waals surface area contributed by atoms with Crippen LogP contribution in [0.2, 0.25) is 0 Å². The van der Waals surface area contributed by atoms with Crippen LogP contribution in [0.5, 0.6) is 11.5 Å². The number of nitrogens with one attached hydrogen (secondary N) is 1. The van der Waals surface area contributed by atoms with E-state index in [1.807, 2.05) is 73.7 Å². The van der Waals surface area contributed by atoms with Crippen molar-refractivity contribution in [3.63, 3.8) is 0 Å². The topological polar surface area (TPSA) is 114 Å². The molecule has 71 heavy (non-hydrogen) atoms. The predicted molar refractivity (Wildman–Crippen MR) is 274 cm³/mol. The molecule has 382 valence electrons. The fraction of sp³-hybridized carbons (Fsp3) is 0.550. The normalized spacial score (nSPS) is 21.4. The van der Waals surface area contributed by atoms with Gasteiger partial charge in [0.2, 0.25) is 0 Å². The number of hydrogen-bond acceptors (Lipinski definition) is 8. The maximum absolute atomic E-state index is 15.4. The molecule has 2 spiro atoms. The van der Waals surface area contributed by atoms with Crippen molar-refractivity contribution in [2.75, 3.05) is 32.8 Å². The molecule has 2 heterocycles. The Morgan fingerprint density at radius 2 is 1.11 bits per heavy atom. The highest BCUT2D eigenvalue weighted by Crippen LogP contribution is 2.50. The van der Waals surface area contributed by atoms with Crippen LogP contribution in [0.3, 0.4) is 0 Å². The Bertz CT molecular complexity index is 2330. The summed E-state index contributed by atoms with van der Waals surface area (Å²) in [6.45, 7) is 6.13. The average molecular weight is 975 g/mol. The lowest BCUT2D eigenvalue weighted by Crippen LogP contribution is -2.36. The number of carbonyl (C=O) groups excluding carboxylic acids is 2. The van der Waals surface area contributed by atoms with Crippen molar-refractivity contribution in [3.8, 4) is 33.8 Å². The number of aldehydes is 1. The van der Waals surface area contributed by atoms with Gasteiger partial charge in [-0.15, -0.1) is 0 Å². The van der Waals surface area contributed by atoms with Gasteiger partial charge in [-0.3, -0.25) is 19.3 Å². The SMILES string of the molecule is CCOC(=O)C1CCNCC1.O=C(O)C1CCN(Cc2cccc(-c3ccc(OC4CCC5(CCCC5)CC4)cc3)c2F)CC1.O=Cc1cccc(-c2ccc(OC3CCC4(CCCC4)CC3)cc2)c1F. The number of rotatable bonds is 12. The number of likely N-dealkylation sites (tertiary alicyclic amines) is 1. The summed E-state index contributed by atoms with van der Waals surface area (Å²) >= 11 is 0. The molecule has 2 saturated heterocycles. The van der Waals surface area contributed by atoms with Crippen LogP contribution in [-0.2, 0) is 20.9 Å². The molecule has 0 atom stereocenters. The predicted octanol–water partition coefficient (Wildman–Crippen LogP) is 13.4. The average Bonchev–Trinajstić information content (AvgIpc) is 4.07. The molecule has 0 aromatic heterocycles. The number of esters is 1. The monoisotopic (exact) mass is 975 g/mol. The molecule has 4 aromatic carbocycles. The summed E-state index contributed by atoms with van der Waals surface area (Å²) in [5.74, 6) is 0.190. The summed E-state index contributed by atoms with van der Waals surface area (Å²) in [5, 5.41) is 12.4. The van der Waals surface area contributed by atoms with Gasteiger partial charge >= 0.3 is 11.9 Å². The van der Waals surface area contributed by atoms with E-state index in [-0.39, 0.29) is 29.2 Å². The van der Waals surface area contributed by atoms with Crippen LogP contribution in [0.1, 0.15) is 151 Å². The molecule has 2 aliphatic heterocycles.